The Morgan fingerprint density at radius 2 is 0.919 bits per heavy atom. The van der Waals surface area contributed by atoms with Crippen molar-refractivity contribution in [2.24, 2.45) is 0 Å². The summed E-state index contributed by atoms with van der Waals surface area (Å²) in [5, 5.41) is 0. The fourth-order valence-corrected chi connectivity index (χ4v) is 7.19. The van der Waals surface area contributed by atoms with Crippen molar-refractivity contribution in [2.75, 3.05) is 47.5 Å². The highest BCUT2D eigenvalue weighted by atomic mass is 31.2. The molecule has 9 nitrogen and oxygen atoms in total. The van der Waals surface area contributed by atoms with Crippen LogP contribution in [0.2, 0.25) is 0 Å². The standard InChI is InChI=1S/C52H92NO8P/c1-6-8-10-12-14-16-18-20-22-24-26-28-30-32-34-36-38-40-42-44-51(54)58-48-50(49-60-62(56,57)59-47-46-53(3,4)5)61-52(55)45-43-41-39-37-35-33-31-29-27-25-23-21-19-17-15-13-11-9-7-2/h9,11,15,17,21,23,27,29,33,35,39,41,50H,6-8,10,12-14,16,18-20,22,24-26,28,30-32,34,36-38,40,42-49H2,1-5H3/p+1/b11-9-,17-15-,23-21-,29-27-,35-33-,41-39-. The average molecular weight is 891 g/mol. The van der Waals surface area contributed by atoms with E-state index in [0.29, 0.717) is 17.4 Å². The van der Waals surface area contributed by atoms with Crippen LogP contribution < -0.4 is 0 Å². The summed E-state index contributed by atoms with van der Waals surface area (Å²) in [4.78, 5) is 35.5. The molecule has 10 heteroatoms. The van der Waals surface area contributed by atoms with Crippen LogP contribution in [0.15, 0.2) is 72.9 Å². The number of hydrogen-bond acceptors (Lipinski definition) is 7. The van der Waals surface area contributed by atoms with E-state index in [1.807, 2.05) is 33.3 Å². The molecular formula is C52H93NO8P+. The largest absolute Gasteiger partial charge is 0.472 e. The summed E-state index contributed by atoms with van der Waals surface area (Å²) in [6.07, 6.45) is 55.4. The number of nitrogens with zero attached hydrogens (tertiary/aromatic N) is 1. The maximum absolute atomic E-state index is 12.7. The summed E-state index contributed by atoms with van der Waals surface area (Å²) in [5.74, 6) is -0.894. The van der Waals surface area contributed by atoms with Gasteiger partial charge in [0.05, 0.1) is 27.7 Å². The SMILES string of the molecule is CC/C=C\C/C=C\C/C=C\C/C=C\C/C=C\C/C=C\CCC(=O)OC(COC(=O)CCCCCCCCCCCCCCCCCCCCC)COP(=O)(O)OCC[N+](C)(C)C. The van der Waals surface area contributed by atoms with Crippen molar-refractivity contribution in [2.45, 2.75) is 200 Å². The molecule has 0 aliphatic carbocycles. The molecule has 1 N–H and O–H groups in total. The summed E-state index contributed by atoms with van der Waals surface area (Å²) in [6.45, 7) is 4.23. The molecule has 0 aliphatic rings. The number of likely N-dealkylation sites (N-methyl/N-ethyl adjacent to an activating group) is 1. The summed E-state index contributed by atoms with van der Waals surface area (Å²) in [7, 11) is 1.43. The molecule has 0 aliphatic heterocycles. The van der Waals surface area contributed by atoms with E-state index in [0.717, 1.165) is 57.8 Å². The van der Waals surface area contributed by atoms with E-state index in [-0.39, 0.29) is 32.0 Å². The van der Waals surface area contributed by atoms with Crippen LogP contribution in [-0.4, -0.2) is 74.9 Å². The Balaban J connectivity index is 4.39. The first kappa shape index (κ1) is 59.5. The molecule has 0 aromatic heterocycles. The van der Waals surface area contributed by atoms with Gasteiger partial charge in [-0.2, -0.15) is 0 Å². The van der Waals surface area contributed by atoms with Crippen molar-refractivity contribution in [3.63, 3.8) is 0 Å². The number of ether oxygens (including phenoxy) is 2. The van der Waals surface area contributed by atoms with Gasteiger partial charge in [0.25, 0.3) is 0 Å². The van der Waals surface area contributed by atoms with Gasteiger partial charge in [0.15, 0.2) is 6.10 Å². The second-order valence-electron chi connectivity index (χ2n) is 17.5. The van der Waals surface area contributed by atoms with Gasteiger partial charge in [-0.05, 0) is 51.4 Å². The van der Waals surface area contributed by atoms with E-state index in [2.05, 4.69) is 74.6 Å². The quantitative estimate of drug-likeness (QED) is 0.0212. The number of carbonyl (C=O) groups excluding carboxylic acids is 2. The minimum Gasteiger partial charge on any atom is -0.462 e. The molecule has 2 unspecified atom stereocenters. The summed E-state index contributed by atoms with van der Waals surface area (Å²) in [5.41, 5.74) is 0. The first-order chi connectivity index (χ1) is 30.0. The number of rotatable bonds is 44. The third kappa shape index (κ3) is 46.9. The van der Waals surface area contributed by atoms with Gasteiger partial charge in [-0.1, -0.05) is 202 Å². The number of allylic oxidation sites excluding steroid dienone is 12. The van der Waals surface area contributed by atoms with Crippen molar-refractivity contribution in [1.82, 2.24) is 0 Å². The van der Waals surface area contributed by atoms with Crippen LogP contribution in [0.5, 0.6) is 0 Å². The molecule has 0 heterocycles. The van der Waals surface area contributed by atoms with Crippen LogP contribution in [0, 0.1) is 0 Å². The van der Waals surface area contributed by atoms with Crippen LogP contribution in [-0.2, 0) is 32.7 Å². The van der Waals surface area contributed by atoms with E-state index in [9.17, 15) is 19.0 Å². The van der Waals surface area contributed by atoms with E-state index in [1.165, 1.54) is 103 Å². The summed E-state index contributed by atoms with van der Waals surface area (Å²) in [6, 6.07) is 0. The molecular weight excluding hydrogens is 798 g/mol. The van der Waals surface area contributed by atoms with Crippen LogP contribution in [0.25, 0.3) is 0 Å². The molecule has 0 rings (SSSR count). The average Bonchev–Trinajstić information content (AvgIpc) is 3.23. The second kappa shape index (κ2) is 43.7. The van der Waals surface area contributed by atoms with Crippen LogP contribution in [0.4, 0.5) is 0 Å². The molecule has 0 amide bonds. The molecule has 0 radical (unpaired) electrons. The summed E-state index contributed by atoms with van der Waals surface area (Å²) >= 11 is 0. The maximum atomic E-state index is 12.7. The first-order valence-corrected chi connectivity index (χ1v) is 26.2. The topological polar surface area (TPSA) is 108 Å². The molecule has 0 spiro atoms. The number of hydrogen-bond donors (Lipinski definition) is 1. The lowest BCUT2D eigenvalue weighted by atomic mass is 10.0. The summed E-state index contributed by atoms with van der Waals surface area (Å²) < 4.78 is 34.3. The zero-order valence-electron chi connectivity index (χ0n) is 40.3. The number of phosphoric acid groups is 1. The van der Waals surface area contributed by atoms with E-state index in [4.69, 9.17) is 18.5 Å². The van der Waals surface area contributed by atoms with Gasteiger partial charge in [0.2, 0.25) is 0 Å². The Hall–Kier alpha value is -2.55. The zero-order chi connectivity index (χ0) is 45.7. The highest BCUT2D eigenvalue weighted by molar-refractivity contribution is 7.47. The fourth-order valence-electron chi connectivity index (χ4n) is 6.45. The third-order valence-corrected chi connectivity index (χ3v) is 11.2. The van der Waals surface area contributed by atoms with Gasteiger partial charge < -0.3 is 18.9 Å². The predicted octanol–water partition coefficient (Wildman–Crippen LogP) is 14.6. The van der Waals surface area contributed by atoms with Crippen molar-refractivity contribution in [1.29, 1.82) is 0 Å². The van der Waals surface area contributed by atoms with Crippen molar-refractivity contribution in [3.05, 3.63) is 72.9 Å². The van der Waals surface area contributed by atoms with Crippen LogP contribution in [0.3, 0.4) is 0 Å². The molecule has 62 heavy (non-hydrogen) atoms. The minimum atomic E-state index is -4.40. The van der Waals surface area contributed by atoms with E-state index >= 15 is 0 Å². The zero-order valence-corrected chi connectivity index (χ0v) is 41.2. The second-order valence-corrected chi connectivity index (χ2v) is 18.9. The van der Waals surface area contributed by atoms with E-state index in [1.54, 1.807) is 0 Å². The number of esters is 2. The molecule has 0 saturated carbocycles. The highest BCUT2D eigenvalue weighted by Gasteiger charge is 2.27. The number of quaternary nitrogens is 1. The van der Waals surface area contributed by atoms with Gasteiger partial charge >= 0.3 is 19.8 Å². The van der Waals surface area contributed by atoms with E-state index < -0.39 is 26.5 Å². The number of unbranched alkanes of at least 4 members (excludes halogenated alkanes) is 18. The lowest BCUT2D eigenvalue weighted by Crippen LogP contribution is -2.37. The molecule has 0 aromatic carbocycles. The Bertz CT molecular complexity index is 1280. The monoisotopic (exact) mass is 891 g/mol. The number of carbonyl (C=O) groups is 2. The smallest absolute Gasteiger partial charge is 0.462 e. The fraction of sp³-hybridized carbons (Fsp3) is 0.731. The Morgan fingerprint density at radius 1 is 0.516 bits per heavy atom. The molecule has 0 aromatic rings. The molecule has 2 atom stereocenters. The Morgan fingerprint density at radius 3 is 1.34 bits per heavy atom. The van der Waals surface area contributed by atoms with Gasteiger partial charge in [-0.25, -0.2) is 4.57 Å². The van der Waals surface area contributed by atoms with Gasteiger partial charge in [0, 0.05) is 12.8 Å². The van der Waals surface area contributed by atoms with Gasteiger partial charge in [-0.15, -0.1) is 0 Å². The predicted molar refractivity (Wildman–Crippen MR) is 261 cm³/mol. The van der Waals surface area contributed by atoms with Crippen molar-refractivity contribution >= 4 is 19.8 Å². The molecule has 358 valence electrons. The first-order valence-electron chi connectivity index (χ1n) is 24.7. The van der Waals surface area contributed by atoms with Gasteiger partial charge in [0.1, 0.15) is 19.8 Å². The maximum Gasteiger partial charge on any atom is 0.472 e. The lowest BCUT2D eigenvalue weighted by molar-refractivity contribution is -0.870. The Kier molecular flexibility index (Phi) is 41.9. The lowest BCUT2D eigenvalue weighted by Gasteiger charge is -2.24. The van der Waals surface area contributed by atoms with Crippen molar-refractivity contribution in [3.8, 4) is 0 Å². The minimum absolute atomic E-state index is 0.0160. The van der Waals surface area contributed by atoms with Crippen LogP contribution in [0.1, 0.15) is 194 Å². The molecule has 0 bridgehead atoms. The highest BCUT2D eigenvalue weighted by Crippen LogP contribution is 2.43. The van der Waals surface area contributed by atoms with Crippen LogP contribution >= 0.6 is 7.82 Å². The normalized spacial score (nSPS) is 14.1. The Labute approximate surface area is 380 Å². The van der Waals surface area contributed by atoms with Gasteiger partial charge in [-0.3, -0.25) is 18.6 Å². The number of phosphoric ester groups is 1. The third-order valence-electron chi connectivity index (χ3n) is 10.3. The van der Waals surface area contributed by atoms with Crippen molar-refractivity contribution < 1.29 is 42.1 Å². The molecule has 0 saturated heterocycles. The molecule has 0 fully saturated rings.